The van der Waals surface area contributed by atoms with E-state index in [1.54, 1.807) is 0 Å². The second-order valence-electron chi connectivity index (χ2n) is 30.8. The molecule has 0 amide bonds. The molecule has 0 radical (unpaired) electrons. The van der Waals surface area contributed by atoms with Gasteiger partial charge in [0.05, 0.1) is 40.3 Å². The lowest BCUT2D eigenvalue weighted by atomic mass is 10.0. The average molecular weight is 1370 g/mol. The zero-order valence-corrected chi connectivity index (χ0v) is 65.7. The zero-order chi connectivity index (χ0) is 70.4. The van der Waals surface area contributed by atoms with E-state index >= 15 is 0 Å². The van der Waals surface area contributed by atoms with Crippen molar-refractivity contribution in [2.75, 3.05) is 47.5 Å². The van der Waals surface area contributed by atoms with Crippen molar-refractivity contribution in [3.05, 3.63) is 36.5 Å². The van der Waals surface area contributed by atoms with E-state index in [9.17, 15) is 19.5 Å². The lowest BCUT2D eigenvalue weighted by molar-refractivity contribution is -0.870. The molecule has 0 aliphatic heterocycles. The lowest BCUT2D eigenvalue weighted by Gasteiger charge is -2.26. The van der Waals surface area contributed by atoms with Gasteiger partial charge in [0, 0.05) is 12.8 Å². The van der Waals surface area contributed by atoms with Gasteiger partial charge in [-0.1, -0.05) is 403 Å². The summed E-state index contributed by atoms with van der Waals surface area (Å²) in [5, 5.41) is 11.9. The van der Waals surface area contributed by atoms with Crippen molar-refractivity contribution < 1.29 is 42.9 Å². The standard InChI is InChI=1S/C88H167NO8/c1-6-8-10-12-14-16-18-20-22-24-26-28-30-32-34-36-38-40-42-43-45-47-49-51-53-55-57-59-61-63-65-67-69-71-73-75-77-79-86(91)97-84(83-96-88(87(92)93)94-81-80-89(3,4)5)82-95-85(90)78-76-74-72-70-68-66-64-62-60-58-56-54-52-50-48-46-44-41-39-37-35-33-31-29-27-25-23-21-19-17-15-13-11-9-7-2/h18,20,24-27,84,88H,6-17,19,21-23,28-83H2,1-5H3/b20-18-,26-24-,27-25-. The Balaban J connectivity index is 3.92. The van der Waals surface area contributed by atoms with Gasteiger partial charge in [-0.3, -0.25) is 9.59 Å². The fraction of sp³-hybridized carbons (Fsp3) is 0.898. The molecule has 0 saturated carbocycles. The summed E-state index contributed by atoms with van der Waals surface area (Å²) in [7, 11) is 5.96. The molecule has 572 valence electrons. The number of carboxylic acid groups (broad SMARTS) is 1. The number of rotatable bonds is 82. The fourth-order valence-corrected chi connectivity index (χ4v) is 13.3. The van der Waals surface area contributed by atoms with E-state index in [1.165, 1.54) is 379 Å². The van der Waals surface area contributed by atoms with Crippen LogP contribution in [-0.2, 0) is 33.3 Å². The number of ether oxygens (including phenoxy) is 4. The van der Waals surface area contributed by atoms with Crippen LogP contribution in [0.2, 0.25) is 0 Å². The maximum Gasteiger partial charge on any atom is 0.306 e. The maximum atomic E-state index is 13.0. The van der Waals surface area contributed by atoms with Crippen LogP contribution in [0.25, 0.3) is 0 Å². The molecule has 0 aromatic rings. The monoisotopic (exact) mass is 1370 g/mol. The lowest BCUT2D eigenvalue weighted by Crippen LogP contribution is -2.44. The topological polar surface area (TPSA) is 111 Å². The Hall–Kier alpha value is -2.49. The number of likely N-dealkylation sites (N-methyl/N-ethyl adjacent to an activating group) is 1. The third kappa shape index (κ3) is 80.7. The molecule has 97 heavy (non-hydrogen) atoms. The number of aliphatic carboxylic acids is 1. The normalized spacial score (nSPS) is 12.7. The number of unbranched alkanes of at least 4 members (excludes halogenated alkanes) is 61. The Labute approximate surface area is 604 Å². The minimum Gasteiger partial charge on any atom is -0.545 e. The molecule has 0 aliphatic rings. The van der Waals surface area contributed by atoms with Gasteiger partial charge in [-0.15, -0.1) is 0 Å². The van der Waals surface area contributed by atoms with Crippen molar-refractivity contribution in [1.82, 2.24) is 0 Å². The van der Waals surface area contributed by atoms with Crippen LogP contribution in [0, 0.1) is 0 Å². The molecule has 0 spiro atoms. The molecule has 0 aliphatic carbocycles. The Bertz CT molecular complexity index is 1690. The number of esters is 2. The van der Waals surface area contributed by atoms with Crippen molar-refractivity contribution in [2.24, 2.45) is 0 Å². The van der Waals surface area contributed by atoms with E-state index in [-0.39, 0.29) is 32.2 Å². The average Bonchev–Trinajstić information content (AvgIpc) is 3.11. The van der Waals surface area contributed by atoms with Crippen LogP contribution in [0.15, 0.2) is 36.5 Å². The quantitative estimate of drug-likeness (QED) is 0.0195. The van der Waals surface area contributed by atoms with Crippen LogP contribution in [-0.4, -0.2) is 82.3 Å². The number of hydrogen-bond donors (Lipinski definition) is 0. The number of quaternary nitrogens is 1. The van der Waals surface area contributed by atoms with Crippen LogP contribution >= 0.6 is 0 Å². The second kappa shape index (κ2) is 79.2. The van der Waals surface area contributed by atoms with Gasteiger partial charge in [-0.2, -0.15) is 0 Å². The SMILES string of the molecule is CCCCCCC/C=C\C/C=C\CCCCCCCCCCCCCCCCCCCCCCCCCCCC(=O)OC(COC(=O)CCCCCCCCCCCCCCCCCCCCCCCCC/C=C\CCCCCCCCCC)COC(OCC[N+](C)(C)C)C(=O)[O-]. The molecule has 2 unspecified atom stereocenters. The van der Waals surface area contributed by atoms with Crippen LogP contribution in [0.4, 0.5) is 0 Å². The van der Waals surface area contributed by atoms with Crippen molar-refractivity contribution in [1.29, 1.82) is 0 Å². The third-order valence-corrected chi connectivity index (χ3v) is 19.9. The molecule has 2 atom stereocenters. The Morgan fingerprint density at radius 1 is 0.309 bits per heavy atom. The largest absolute Gasteiger partial charge is 0.545 e. The molecule has 0 bridgehead atoms. The summed E-state index contributed by atoms with van der Waals surface area (Å²) >= 11 is 0. The van der Waals surface area contributed by atoms with Crippen LogP contribution in [0.3, 0.4) is 0 Å². The highest BCUT2D eigenvalue weighted by Gasteiger charge is 2.22. The minimum absolute atomic E-state index is 0.152. The molecule has 0 aromatic heterocycles. The molecule has 9 heteroatoms. The number of hydrogen-bond acceptors (Lipinski definition) is 8. The molecular weight excluding hydrogens is 1200 g/mol. The van der Waals surface area contributed by atoms with Crippen LogP contribution in [0.1, 0.15) is 450 Å². The summed E-state index contributed by atoms with van der Waals surface area (Å²) in [5.74, 6) is -2.24. The first kappa shape index (κ1) is 94.5. The smallest absolute Gasteiger partial charge is 0.306 e. The predicted molar refractivity (Wildman–Crippen MR) is 417 cm³/mol. The van der Waals surface area contributed by atoms with Crippen molar-refractivity contribution in [2.45, 2.75) is 463 Å². The molecule has 0 aromatic carbocycles. The summed E-state index contributed by atoms with van der Waals surface area (Å²) < 4.78 is 22.9. The molecule has 0 rings (SSSR count). The molecule has 0 saturated heterocycles. The summed E-state index contributed by atoms with van der Waals surface area (Å²) in [5.41, 5.74) is 0. The fourth-order valence-electron chi connectivity index (χ4n) is 13.3. The summed E-state index contributed by atoms with van der Waals surface area (Å²) in [6, 6.07) is 0. The van der Waals surface area contributed by atoms with Gasteiger partial charge in [0.15, 0.2) is 12.4 Å². The highest BCUT2D eigenvalue weighted by molar-refractivity contribution is 5.70. The molecule has 9 nitrogen and oxygen atoms in total. The summed E-state index contributed by atoms with van der Waals surface area (Å²) in [4.78, 5) is 37.7. The van der Waals surface area contributed by atoms with Gasteiger partial charge >= 0.3 is 11.9 Å². The first-order valence-electron chi connectivity index (χ1n) is 43.1. The number of carboxylic acids is 1. The van der Waals surface area contributed by atoms with Gasteiger partial charge in [0.2, 0.25) is 0 Å². The van der Waals surface area contributed by atoms with Gasteiger partial charge in [-0.25, -0.2) is 0 Å². The summed E-state index contributed by atoms with van der Waals surface area (Å²) in [6.45, 7) is 4.83. The highest BCUT2D eigenvalue weighted by Crippen LogP contribution is 2.21. The predicted octanol–water partition coefficient (Wildman–Crippen LogP) is 26.5. The minimum atomic E-state index is -1.62. The first-order valence-corrected chi connectivity index (χ1v) is 43.1. The van der Waals surface area contributed by atoms with Gasteiger partial charge in [0.1, 0.15) is 13.2 Å². The van der Waals surface area contributed by atoms with Crippen molar-refractivity contribution in [3.8, 4) is 0 Å². The van der Waals surface area contributed by atoms with E-state index in [0.29, 0.717) is 17.4 Å². The molecule has 0 fully saturated rings. The second-order valence-corrected chi connectivity index (χ2v) is 30.8. The Morgan fingerprint density at radius 3 is 0.825 bits per heavy atom. The van der Waals surface area contributed by atoms with E-state index < -0.39 is 24.3 Å². The third-order valence-electron chi connectivity index (χ3n) is 19.9. The number of carbonyl (C=O) groups is 3. The zero-order valence-electron chi connectivity index (χ0n) is 65.7. The molecular formula is C88H167NO8. The molecule has 0 N–H and O–H groups in total. The van der Waals surface area contributed by atoms with Gasteiger partial charge in [-0.05, 0) is 70.6 Å². The van der Waals surface area contributed by atoms with Crippen LogP contribution in [0.5, 0.6) is 0 Å². The maximum absolute atomic E-state index is 13.0. The van der Waals surface area contributed by atoms with E-state index in [0.717, 1.165) is 44.9 Å². The van der Waals surface area contributed by atoms with Crippen LogP contribution < -0.4 is 5.11 Å². The Morgan fingerprint density at radius 2 is 0.557 bits per heavy atom. The number of carbonyl (C=O) groups excluding carboxylic acids is 3. The highest BCUT2D eigenvalue weighted by atomic mass is 16.7. The van der Waals surface area contributed by atoms with Crippen molar-refractivity contribution in [3.63, 3.8) is 0 Å². The Kier molecular flexibility index (Phi) is 77.2. The number of nitrogens with zero attached hydrogens (tertiary/aromatic N) is 1. The van der Waals surface area contributed by atoms with E-state index in [4.69, 9.17) is 18.9 Å². The van der Waals surface area contributed by atoms with E-state index in [2.05, 4.69) is 50.3 Å². The number of allylic oxidation sites excluding steroid dienone is 6. The van der Waals surface area contributed by atoms with E-state index in [1.807, 2.05) is 21.1 Å². The molecule has 0 heterocycles. The van der Waals surface area contributed by atoms with Gasteiger partial charge in [0.25, 0.3) is 0 Å². The van der Waals surface area contributed by atoms with Crippen molar-refractivity contribution >= 4 is 17.9 Å². The van der Waals surface area contributed by atoms with Gasteiger partial charge < -0.3 is 33.3 Å². The first-order chi connectivity index (χ1) is 47.6. The summed E-state index contributed by atoms with van der Waals surface area (Å²) in [6.07, 6.45) is 100.